The van der Waals surface area contributed by atoms with Crippen LogP contribution in [-0.4, -0.2) is 28.5 Å². The van der Waals surface area contributed by atoms with E-state index in [1.807, 2.05) is 52.0 Å². The van der Waals surface area contributed by atoms with Gasteiger partial charge in [0, 0.05) is 10.8 Å². The van der Waals surface area contributed by atoms with Gasteiger partial charge in [-0.3, -0.25) is 0 Å². The van der Waals surface area contributed by atoms with Crippen molar-refractivity contribution in [2.75, 3.05) is 0 Å². The molecular formula is C14H17BN2O2. The third kappa shape index (κ3) is 1.93. The van der Waals surface area contributed by atoms with E-state index in [1.54, 1.807) is 6.20 Å². The molecule has 4 nitrogen and oxygen atoms in total. The lowest BCUT2D eigenvalue weighted by atomic mass is 9.81. The molecule has 1 saturated heterocycles. The van der Waals surface area contributed by atoms with Gasteiger partial charge < -0.3 is 9.31 Å². The van der Waals surface area contributed by atoms with Gasteiger partial charge in [-0.15, -0.1) is 0 Å². The van der Waals surface area contributed by atoms with E-state index in [-0.39, 0.29) is 11.2 Å². The van der Waals surface area contributed by atoms with Crippen LogP contribution in [0, 0.1) is 0 Å². The zero-order valence-electron chi connectivity index (χ0n) is 11.7. The summed E-state index contributed by atoms with van der Waals surface area (Å²) in [6.07, 6.45) is 1.75. The summed E-state index contributed by atoms with van der Waals surface area (Å²) in [6.45, 7) is 8.13. The average molecular weight is 256 g/mol. The lowest BCUT2D eigenvalue weighted by Crippen LogP contribution is -2.41. The SMILES string of the molecule is CC1(C)OB(c2nncc3ccccc23)OC1(C)C. The van der Waals surface area contributed by atoms with Crippen molar-refractivity contribution in [1.82, 2.24) is 10.2 Å². The highest BCUT2D eigenvalue weighted by Crippen LogP contribution is 2.36. The van der Waals surface area contributed by atoms with E-state index in [1.165, 1.54) is 0 Å². The number of rotatable bonds is 1. The van der Waals surface area contributed by atoms with Gasteiger partial charge in [-0.25, -0.2) is 0 Å². The molecular weight excluding hydrogens is 239 g/mol. The maximum atomic E-state index is 6.03. The van der Waals surface area contributed by atoms with Crippen molar-refractivity contribution in [3.8, 4) is 0 Å². The zero-order valence-corrected chi connectivity index (χ0v) is 11.7. The van der Waals surface area contributed by atoms with Crippen LogP contribution in [0.2, 0.25) is 0 Å². The third-order valence-corrected chi connectivity index (χ3v) is 4.08. The Kier molecular flexibility index (Phi) is 2.66. The number of nitrogens with zero attached hydrogens (tertiary/aromatic N) is 2. The maximum Gasteiger partial charge on any atom is 0.517 e. The fourth-order valence-corrected chi connectivity index (χ4v) is 2.18. The molecule has 0 spiro atoms. The minimum Gasteiger partial charge on any atom is -0.398 e. The molecule has 1 aromatic heterocycles. The van der Waals surface area contributed by atoms with Gasteiger partial charge in [0.2, 0.25) is 0 Å². The van der Waals surface area contributed by atoms with Gasteiger partial charge in [0.1, 0.15) is 5.59 Å². The Morgan fingerprint density at radius 2 is 1.63 bits per heavy atom. The predicted molar refractivity (Wildman–Crippen MR) is 75.3 cm³/mol. The largest absolute Gasteiger partial charge is 0.517 e. The van der Waals surface area contributed by atoms with E-state index in [4.69, 9.17) is 9.31 Å². The van der Waals surface area contributed by atoms with Crippen LogP contribution < -0.4 is 5.59 Å². The van der Waals surface area contributed by atoms with Crippen LogP contribution in [0.3, 0.4) is 0 Å². The topological polar surface area (TPSA) is 44.2 Å². The molecule has 1 aromatic carbocycles. The normalized spacial score (nSPS) is 20.9. The zero-order chi connectivity index (χ0) is 13.7. The van der Waals surface area contributed by atoms with Crippen LogP contribution in [-0.2, 0) is 9.31 Å². The molecule has 0 bridgehead atoms. The molecule has 2 aromatic rings. The van der Waals surface area contributed by atoms with Crippen molar-refractivity contribution in [1.29, 1.82) is 0 Å². The van der Waals surface area contributed by atoms with E-state index < -0.39 is 7.12 Å². The summed E-state index contributed by atoms with van der Waals surface area (Å²) >= 11 is 0. The summed E-state index contributed by atoms with van der Waals surface area (Å²) in [5.74, 6) is 0. The van der Waals surface area contributed by atoms with Gasteiger partial charge >= 0.3 is 7.12 Å². The number of benzene rings is 1. The monoisotopic (exact) mass is 256 g/mol. The second kappa shape index (κ2) is 4.02. The first kappa shape index (κ1) is 12.6. The minimum atomic E-state index is -0.469. The van der Waals surface area contributed by atoms with Crippen LogP contribution in [0.4, 0.5) is 0 Å². The van der Waals surface area contributed by atoms with E-state index in [2.05, 4.69) is 10.2 Å². The number of aromatic nitrogens is 2. The molecule has 0 atom stereocenters. The summed E-state index contributed by atoms with van der Waals surface area (Å²) in [5.41, 5.74) is 0.0174. The van der Waals surface area contributed by atoms with Gasteiger partial charge in [0.15, 0.2) is 0 Å². The summed E-state index contributed by atoms with van der Waals surface area (Å²) in [4.78, 5) is 0. The third-order valence-electron chi connectivity index (χ3n) is 4.08. The molecule has 1 aliphatic heterocycles. The summed E-state index contributed by atoms with van der Waals surface area (Å²) < 4.78 is 12.1. The Labute approximate surface area is 113 Å². The molecule has 0 N–H and O–H groups in total. The Morgan fingerprint density at radius 3 is 2.32 bits per heavy atom. The second-order valence-corrected chi connectivity index (χ2v) is 5.91. The molecule has 1 aliphatic rings. The summed E-state index contributed by atoms with van der Waals surface area (Å²) in [7, 11) is -0.469. The van der Waals surface area contributed by atoms with Crippen LogP contribution in [0.1, 0.15) is 27.7 Å². The van der Waals surface area contributed by atoms with Crippen LogP contribution in [0.15, 0.2) is 30.5 Å². The number of hydrogen-bond donors (Lipinski definition) is 0. The molecule has 5 heteroatoms. The van der Waals surface area contributed by atoms with Gasteiger partial charge in [-0.2, -0.15) is 10.2 Å². The van der Waals surface area contributed by atoms with Crippen molar-refractivity contribution in [2.45, 2.75) is 38.9 Å². The van der Waals surface area contributed by atoms with Gasteiger partial charge in [0.25, 0.3) is 0 Å². The molecule has 1 fully saturated rings. The molecule has 0 amide bonds. The first-order chi connectivity index (χ1) is 8.91. The van der Waals surface area contributed by atoms with Gasteiger partial charge in [0.05, 0.1) is 17.4 Å². The minimum absolute atomic E-state index is 0.365. The fraction of sp³-hybridized carbons (Fsp3) is 0.429. The van der Waals surface area contributed by atoms with Crippen molar-refractivity contribution in [3.63, 3.8) is 0 Å². The lowest BCUT2D eigenvalue weighted by Gasteiger charge is -2.32. The highest BCUT2D eigenvalue weighted by molar-refractivity contribution is 6.64. The highest BCUT2D eigenvalue weighted by Gasteiger charge is 2.52. The van der Waals surface area contributed by atoms with Crippen LogP contribution >= 0.6 is 0 Å². The second-order valence-electron chi connectivity index (χ2n) is 5.91. The van der Waals surface area contributed by atoms with Gasteiger partial charge in [-0.05, 0) is 27.7 Å². The van der Waals surface area contributed by atoms with E-state index in [0.717, 1.165) is 16.4 Å². The fourth-order valence-electron chi connectivity index (χ4n) is 2.18. The highest BCUT2D eigenvalue weighted by atomic mass is 16.7. The Hall–Kier alpha value is -1.46. The quantitative estimate of drug-likeness (QED) is 0.731. The lowest BCUT2D eigenvalue weighted by molar-refractivity contribution is 0.00578. The Balaban J connectivity index is 2.08. The number of fused-ring (bicyclic) bond motifs is 1. The molecule has 19 heavy (non-hydrogen) atoms. The Bertz CT molecular complexity index is 606. The smallest absolute Gasteiger partial charge is 0.398 e. The van der Waals surface area contributed by atoms with E-state index in [0.29, 0.717) is 0 Å². The van der Waals surface area contributed by atoms with Crippen molar-refractivity contribution < 1.29 is 9.31 Å². The van der Waals surface area contributed by atoms with Crippen molar-refractivity contribution >= 4 is 23.5 Å². The van der Waals surface area contributed by atoms with E-state index >= 15 is 0 Å². The van der Waals surface area contributed by atoms with E-state index in [9.17, 15) is 0 Å². The van der Waals surface area contributed by atoms with Crippen molar-refractivity contribution in [2.24, 2.45) is 0 Å². The molecule has 0 radical (unpaired) electrons. The summed E-state index contributed by atoms with van der Waals surface area (Å²) in [5, 5.41) is 10.3. The molecule has 0 saturated carbocycles. The molecule has 3 rings (SSSR count). The first-order valence-corrected chi connectivity index (χ1v) is 6.47. The molecule has 0 aliphatic carbocycles. The Morgan fingerprint density at radius 1 is 1.00 bits per heavy atom. The average Bonchev–Trinajstić information content (AvgIpc) is 2.58. The standard InChI is InChI=1S/C14H17BN2O2/c1-13(2)14(3,4)19-15(18-13)12-11-8-6-5-7-10(11)9-16-17-12/h5-9H,1-4H3. The van der Waals surface area contributed by atoms with Gasteiger partial charge in [-0.1, -0.05) is 24.3 Å². The van der Waals surface area contributed by atoms with Crippen LogP contribution in [0.5, 0.6) is 0 Å². The first-order valence-electron chi connectivity index (χ1n) is 6.47. The van der Waals surface area contributed by atoms with Crippen LogP contribution in [0.25, 0.3) is 10.8 Å². The summed E-state index contributed by atoms with van der Waals surface area (Å²) in [6, 6.07) is 8.00. The maximum absolute atomic E-state index is 6.03. The molecule has 0 unspecified atom stereocenters. The molecule has 2 heterocycles. The van der Waals surface area contributed by atoms with Crippen molar-refractivity contribution in [3.05, 3.63) is 30.5 Å². The predicted octanol–water partition coefficient (Wildman–Crippen LogP) is 1.93. The molecule has 98 valence electrons. The number of hydrogen-bond acceptors (Lipinski definition) is 4.